The number of nitrogens with one attached hydrogen (secondary N) is 1. The summed E-state index contributed by atoms with van der Waals surface area (Å²) < 4.78 is 73.8. The highest BCUT2D eigenvalue weighted by atomic mass is 19.4. The summed E-state index contributed by atoms with van der Waals surface area (Å²) in [7, 11) is 0. The Balaban J connectivity index is 1.51. The number of halogens is 5. The predicted molar refractivity (Wildman–Crippen MR) is 105 cm³/mol. The lowest BCUT2D eigenvalue weighted by Gasteiger charge is -2.20. The van der Waals surface area contributed by atoms with Crippen LogP contribution >= 0.6 is 0 Å². The third-order valence-corrected chi connectivity index (χ3v) is 4.65. The van der Waals surface area contributed by atoms with Crippen LogP contribution in [0.2, 0.25) is 0 Å². The number of alkyl halides is 5. The van der Waals surface area contributed by atoms with Crippen LogP contribution in [-0.2, 0) is 0 Å². The molecule has 11 heteroatoms. The van der Waals surface area contributed by atoms with E-state index in [2.05, 4.69) is 15.1 Å². The highest BCUT2D eigenvalue weighted by Gasteiger charge is 2.61. The number of rotatable bonds is 7. The van der Waals surface area contributed by atoms with Gasteiger partial charge in [-0.3, -0.25) is 4.79 Å². The molecule has 0 atom stereocenters. The van der Waals surface area contributed by atoms with Gasteiger partial charge in [-0.25, -0.2) is 4.98 Å². The molecule has 0 bridgehead atoms. The number of nitrogens with zero attached hydrogens (tertiary/aromatic N) is 2. The number of carbonyl (C=O) groups excluding carboxylic acids is 1. The van der Waals surface area contributed by atoms with Gasteiger partial charge in [-0.2, -0.15) is 22.0 Å². The largest absolute Gasteiger partial charge is 0.499 e. The van der Waals surface area contributed by atoms with Crippen molar-refractivity contribution in [1.82, 2.24) is 4.98 Å². The zero-order chi connectivity index (χ0) is 23.6. The molecule has 0 unspecified atom stereocenters. The standard InChI is InChI=1S/C22H16F5N3O3/c23-21(24,25)22(26,27)33-17-8-6-16(7-9-17)32-19-13-15(12-18(28-19)14-4-5-14)20(31)29-30-10-2-1-3-11-30/h1-3,6-14H,4-5H2/p+1. The van der Waals surface area contributed by atoms with Gasteiger partial charge in [0.2, 0.25) is 5.88 Å². The van der Waals surface area contributed by atoms with Crippen LogP contribution in [0.5, 0.6) is 17.4 Å². The molecule has 1 aliphatic carbocycles. The van der Waals surface area contributed by atoms with Gasteiger partial charge >= 0.3 is 18.2 Å². The predicted octanol–water partition coefficient (Wildman–Crippen LogP) is 4.96. The number of ether oxygens (including phenoxy) is 2. The van der Waals surface area contributed by atoms with Crippen molar-refractivity contribution < 1.29 is 40.9 Å². The van der Waals surface area contributed by atoms with Gasteiger partial charge < -0.3 is 9.47 Å². The van der Waals surface area contributed by atoms with Crippen LogP contribution in [0.3, 0.4) is 0 Å². The number of aromatic nitrogens is 2. The van der Waals surface area contributed by atoms with Gasteiger partial charge in [-0.1, -0.05) is 10.7 Å². The lowest BCUT2D eigenvalue weighted by molar-refractivity contribution is -0.641. The Morgan fingerprint density at radius 1 is 0.970 bits per heavy atom. The van der Waals surface area contributed by atoms with Gasteiger partial charge in [0.25, 0.3) is 0 Å². The van der Waals surface area contributed by atoms with E-state index in [0.717, 1.165) is 37.1 Å². The summed E-state index contributed by atoms with van der Waals surface area (Å²) in [6.07, 6.45) is -6.01. The van der Waals surface area contributed by atoms with Crippen LogP contribution < -0.4 is 19.6 Å². The number of hydrogen-bond donors (Lipinski definition) is 1. The van der Waals surface area contributed by atoms with E-state index in [-0.39, 0.29) is 17.5 Å². The van der Waals surface area contributed by atoms with Gasteiger partial charge in [-0.15, -0.1) is 5.43 Å². The minimum atomic E-state index is -5.84. The SMILES string of the molecule is O=C(N[n+]1ccccc1)c1cc(Oc2ccc(OC(F)(F)C(F)(F)F)cc2)nc(C2CC2)c1. The summed E-state index contributed by atoms with van der Waals surface area (Å²) in [5.74, 6) is -0.702. The smallest absolute Gasteiger partial charge is 0.439 e. The normalized spacial score (nSPS) is 14.0. The second-order valence-electron chi connectivity index (χ2n) is 7.31. The summed E-state index contributed by atoms with van der Waals surface area (Å²) in [6.45, 7) is 0. The minimum absolute atomic E-state index is 0.0805. The Morgan fingerprint density at radius 2 is 1.61 bits per heavy atom. The van der Waals surface area contributed by atoms with Crippen LogP contribution in [0.15, 0.2) is 67.0 Å². The molecule has 33 heavy (non-hydrogen) atoms. The first kappa shape index (κ1) is 22.4. The fourth-order valence-electron chi connectivity index (χ4n) is 2.85. The molecule has 1 saturated carbocycles. The molecule has 1 N–H and O–H groups in total. The molecular formula is C22H17F5N3O3+. The molecular weight excluding hydrogens is 449 g/mol. The molecule has 2 aromatic heterocycles. The van der Waals surface area contributed by atoms with Crippen LogP contribution in [0.25, 0.3) is 0 Å². The minimum Gasteiger partial charge on any atom is -0.439 e. The van der Waals surface area contributed by atoms with Gasteiger partial charge in [-0.05, 0) is 43.2 Å². The van der Waals surface area contributed by atoms with Crippen molar-refractivity contribution in [1.29, 1.82) is 0 Å². The summed E-state index contributed by atoms with van der Waals surface area (Å²) in [4.78, 5) is 17.1. The van der Waals surface area contributed by atoms with E-state index in [1.165, 1.54) is 10.7 Å². The Kier molecular flexibility index (Phi) is 5.88. The maximum atomic E-state index is 13.0. The molecule has 0 radical (unpaired) electrons. The fourth-order valence-corrected chi connectivity index (χ4v) is 2.85. The van der Waals surface area contributed by atoms with Crippen molar-refractivity contribution in [3.05, 3.63) is 78.2 Å². The Labute approximate surface area is 184 Å². The van der Waals surface area contributed by atoms with Gasteiger partial charge in [0.05, 0.1) is 5.56 Å². The van der Waals surface area contributed by atoms with Gasteiger partial charge in [0, 0.05) is 29.8 Å². The van der Waals surface area contributed by atoms with Gasteiger partial charge in [0.15, 0.2) is 12.4 Å². The third kappa shape index (κ3) is 5.54. The number of pyridine rings is 2. The molecule has 1 aromatic carbocycles. The molecule has 172 valence electrons. The van der Waals surface area contributed by atoms with Crippen LogP contribution in [0, 0.1) is 0 Å². The summed E-state index contributed by atoms with van der Waals surface area (Å²) >= 11 is 0. The summed E-state index contributed by atoms with van der Waals surface area (Å²) in [6, 6.07) is 12.5. The molecule has 6 nitrogen and oxygen atoms in total. The average Bonchev–Trinajstić information content (AvgIpc) is 3.60. The first-order valence-electron chi connectivity index (χ1n) is 9.82. The Morgan fingerprint density at radius 3 is 2.21 bits per heavy atom. The van der Waals surface area contributed by atoms with E-state index in [0.29, 0.717) is 11.3 Å². The fraction of sp³-hybridized carbons (Fsp3) is 0.227. The number of benzene rings is 1. The van der Waals surface area contributed by atoms with Crippen molar-refractivity contribution >= 4 is 5.91 Å². The summed E-state index contributed by atoms with van der Waals surface area (Å²) in [5.41, 5.74) is 3.65. The highest BCUT2D eigenvalue weighted by Crippen LogP contribution is 2.41. The van der Waals surface area contributed by atoms with Crippen molar-refractivity contribution in [2.24, 2.45) is 0 Å². The van der Waals surface area contributed by atoms with E-state index in [9.17, 15) is 26.7 Å². The van der Waals surface area contributed by atoms with Crippen molar-refractivity contribution in [3.8, 4) is 17.4 Å². The number of hydrogen-bond acceptors (Lipinski definition) is 4. The Bertz CT molecular complexity index is 1130. The third-order valence-electron chi connectivity index (χ3n) is 4.65. The van der Waals surface area contributed by atoms with E-state index in [1.54, 1.807) is 36.7 Å². The first-order chi connectivity index (χ1) is 15.6. The summed E-state index contributed by atoms with van der Waals surface area (Å²) in [5, 5.41) is 0. The quantitative estimate of drug-likeness (QED) is 0.395. The second kappa shape index (κ2) is 8.64. The molecule has 2 heterocycles. The van der Waals surface area contributed by atoms with E-state index >= 15 is 0 Å². The van der Waals surface area contributed by atoms with Crippen LogP contribution in [0.4, 0.5) is 22.0 Å². The second-order valence-corrected chi connectivity index (χ2v) is 7.31. The molecule has 4 rings (SSSR count). The lowest BCUT2D eigenvalue weighted by atomic mass is 10.1. The highest BCUT2D eigenvalue weighted by molar-refractivity contribution is 5.99. The zero-order valence-corrected chi connectivity index (χ0v) is 16.9. The topological polar surface area (TPSA) is 64.3 Å². The van der Waals surface area contributed by atoms with E-state index in [1.807, 2.05) is 0 Å². The van der Waals surface area contributed by atoms with E-state index in [4.69, 9.17) is 4.74 Å². The first-order valence-corrected chi connectivity index (χ1v) is 9.82. The lowest BCUT2D eigenvalue weighted by Crippen LogP contribution is -2.47. The van der Waals surface area contributed by atoms with Crippen LogP contribution in [0.1, 0.15) is 34.8 Å². The molecule has 1 fully saturated rings. The maximum Gasteiger partial charge on any atom is 0.499 e. The van der Waals surface area contributed by atoms with Crippen molar-refractivity contribution in [2.75, 3.05) is 5.43 Å². The maximum absolute atomic E-state index is 13.0. The number of amides is 1. The molecule has 0 aliphatic heterocycles. The molecule has 1 aliphatic rings. The molecule has 3 aromatic rings. The number of carbonyl (C=O) groups is 1. The average molecular weight is 466 g/mol. The zero-order valence-electron chi connectivity index (χ0n) is 16.9. The van der Waals surface area contributed by atoms with Crippen molar-refractivity contribution in [2.45, 2.75) is 31.0 Å². The Hall–Kier alpha value is -3.76. The van der Waals surface area contributed by atoms with E-state index < -0.39 is 23.9 Å². The van der Waals surface area contributed by atoms with Crippen molar-refractivity contribution in [3.63, 3.8) is 0 Å². The molecule has 0 spiro atoms. The molecule has 1 amide bonds. The monoisotopic (exact) mass is 466 g/mol. The van der Waals surface area contributed by atoms with Gasteiger partial charge in [0.1, 0.15) is 11.5 Å². The van der Waals surface area contributed by atoms with Crippen LogP contribution in [-0.4, -0.2) is 23.2 Å². The molecule has 0 saturated heterocycles.